The molecule has 0 spiro atoms. The monoisotopic (exact) mass is 488 g/mol. The lowest BCUT2D eigenvalue weighted by molar-refractivity contribution is -0.129. The molecule has 1 atom stereocenters. The summed E-state index contributed by atoms with van der Waals surface area (Å²) in [6.07, 6.45) is 0.918. The molecule has 2 aliphatic rings. The summed E-state index contributed by atoms with van der Waals surface area (Å²) in [5, 5.41) is 25.4. The van der Waals surface area contributed by atoms with Crippen molar-refractivity contribution < 1.29 is 19.2 Å². The van der Waals surface area contributed by atoms with E-state index in [1.165, 1.54) is 0 Å². The lowest BCUT2D eigenvalue weighted by atomic mass is 10.0. The molecule has 0 radical (unpaired) electrons. The van der Waals surface area contributed by atoms with Gasteiger partial charge >= 0.3 is 0 Å². The number of hydrazine groups is 1. The number of ether oxygens (including phenoxy) is 1. The zero-order valence-electron chi connectivity index (χ0n) is 20.3. The van der Waals surface area contributed by atoms with Gasteiger partial charge in [0.25, 0.3) is 5.89 Å². The summed E-state index contributed by atoms with van der Waals surface area (Å²) in [6.45, 7) is 5.67. The van der Waals surface area contributed by atoms with Crippen molar-refractivity contribution in [1.82, 2.24) is 20.5 Å². The first-order valence-corrected chi connectivity index (χ1v) is 12.1. The van der Waals surface area contributed by atoms with E-state index in [-0.39, 0.29) is 18.6 Å². The Morgan fingerprint density at radius 3 is 2.94 bits per heavy atom. The third kappa shape index (κ3) is 4.76. The van der Waals surface area contributed by atoms with Crippen molar-refractivity contribution in [3.05, 3.63) is 47.5 Å². The number of likely N-dealkylation sites (tertiary alicyclic amines) is 1. The zero-order valence-corrected chi connectivity index (χ0v) is 20.3. The van der Waals surface area contributed by atoms with E-state index in [0.717, 1.165) is 23.2 Å². The fraction of sp³-hybridized carbons (Fsp3) is 0.385. The van der Waals surface area contributed by atoms with E-state index >= 15 is 0 Å². The van der Waals surface area contributed by atoms with E-state index in [0.29, 0.717) is 54.6 Å². The van der Waals surface area contributed by atoms with E-state index in [1.807, 2.05) is 37.1 Å². The van der Waals surface area contributed by atoms with Gasteiger partial charge in [0, 0.05) is 30.8 Å². The van der Waals surface area contributed by atoms with Crippen LogP contribution in [-0.4, -0.2) is 64.4 Å². The molecule has 0 aliphatic carbocycles. The smallest absolute Gasteiger partial charge is 0.258 e. The highest BCUT2D eigenvalue weighted by Crippen LogP contribution is 2.35. The zero-order chi connectivity index (χ0) is 25.2. The first kappa shape index (κ1) is 23.8. The molecule has 10 heteroatoms. The van der Waals surface area contributed by atoms with Crippen molar-refractivity contribution in [1.29, 1.82) is 5.26 Å². The number of aliphatic hydroxyl groups is 1. The van der Waals surface area contributed by atoms with Crippen molar-refractivity contribution in [2.75, 3.05) is 31.2 Å². The second-order valence-electron chi connectivity index (χ2n) is 9.23. The molecular formula is C26H28N6O4. The van der Waals surface area contributed by atoms with Crippen LogP contribution in [0.3, 0.4) is 0 Å². The second-order valence-corrected chi connectivity index (χ2v) is 9.23. The van der Waals surface area contributed by atoms with Crippen molar-refractivity contribution >= 4 is 11.6 Å². The van der Waals surface area contributed by atoms with E-state index in [9.17, 15) is 15.2 Å². The Balaban J connectivity index is 1.32. The molecule has 10 nitrogen and oxygen atoms in total. The predicted molar refractivity (Wildman–Crippen MR) is 132 cm³/mol. The first-order valence-electron chi connectivity index (χ1n) is 12.1. The number of aliphatic hydroxyl groups excluding tert-OH is 1. The van der Waals surface area contributed by atoms with E-state index in [2.05, 4.69) is 21.6 Å². The molecule has 2 aromatic carbocycles. The topological polar surface area (TPSA) is 128 Å². The van der Waals surface area contributed by atoms with Gasteiger partial charge in [-0.3, -0.25) is 4.79 Å². The summed E-state index contributed by atoms with van der Waals surface area (Å²) in [7, 11) is 0. The number of amides is 1. The lowest BCUT2D eigenvalue weighted by Crippen LogP contribution is -2.44. The maximum absolute atomic E-state index is 12.5. The highest BCUT2D eigenvalue weighted by atomic mass is 16.5. The molecule has 186 valence electrons. The molecule has 0 bridgehead atoms. The molecule has 36 heavy (non-hydrogen) atoms. The van der Waals surface area contributed by atoms with Crippen LogP contribution in [0.1, 0.15) is 31.4 Å². The molecule has 1 aromatic heterocycles. The van der Waals surface area contributed by atoms with Gasteiger partial charge in [-0.05, 0) is 56.5 Å². The quantitative estimate of drug-likeness (QED) is 0.515. The Hall–Kier alpha value is -3.94. The molecule has 1 saturated heterocycles. The van der Waals surface area contributed by atoms with Crippen molar-refractivity contribution in [2.24, 2.45) is 0 Å². The fourth-order valence-electron chi connectivity index (χ4n) is 4.61. The van der Waals surface area contributed by atoms with Crippen LogP contribution >= 0.6 is 0 Å². The minimum Gasteiger partial charge on any atom is -0.490 e. The molecule has 3 heterocycles. The van der Waals surface area contributed by atoms with Crippen molar-refractivity contribution in [3.63, 3.8) is 0 Å². The summed E-state index contributed by atoms with van der Waals surface area (Å²) in [5.74, 6) is 1.28. The van der Waals surface area contributed by atoms with E-state index in [4.69, 9.17) is 9.26 Å². The normalized spacial score (nSPS) is 16.9. The summed E-state index contributed by atoms with van der Waals surface area (Å²) in [4.78, 5) is 18.8. The van der Waals surface area contributed by atoms with Gasteiger partial charge < -0.3 is 24.3 Å². The molecule has 1 fully saturated rings. The Morgan fingerprint density at radius 1 is 1.33 bits per heavy atom. The number of benzene rings is 2. The Kier molecular flexibility index (Phi) is 6.59. The van der Waals surface area contributed by atoms with Gasteiger partial charge in [0.15, 0.2) is 0 Å². The maximum atomic E-state index is 12.5. The average Bonchev–Trinajstić information content (AvgIpc) is 3.62. The van der Waals surface area contributed by atoms with Gasteiger partial charge in [-0.2, -0.15) is 10.2 Å². The number of hydrogen-bond acceptors (Lipinski definition) is 9. The standard InChI is InChI=1S/C26H28N6O4/c1-16(2)35-23-7-6-17(12-18(23)13-27)26-29-25(30-36-26)21-4-3-5-22-20(21)9-11-32(22)28-14-24(34)31-10-8-19(33)15-31/h3-7,12,16,19,28,33H,8-11,14-15H2,1-2H3/t19-/m0/s1. The van der Waals surface area contributed by atoms with Crippen molar-refractivity contribution in [2.45, 2.75) is 38.9 Å². The largest absolute Gasteiger partial charge is 0.490 e. The third-order valence-electron chi connectivity index (χ3n) is 6.34. The highest BCUT2D eigenvalue weighted by molar-refractivity contribution is 5.79. The number of nitriles is 1. The van der Waals surface area contributed by atoms with Gasteiger partial charge in [0.1, 0.15) is 11.8 Å². The van der Waals surface area contributed by atoms with Crippen LogP contribution in [0.5, 0.6) is 5.75 Å². The van der Waals surface area contributed by atoms with Crippen LogP contribution < -0.4 is 15.2 Å². The van der Waals surface area contributed by atoms with Crippen LogP contribution in [0.25, 0.3) is 22.8 Å². The third-order valence-corrected chi connectivity index (χ3v) is 6.34. The van der Waals surface area contributed by atoms with Crippen LogP contribution in [0.4, 0.5) is 5.69 Å². The Bertz CT molecular complexity index is 1310. The second kappa shape index (κ2) is 9.97. The Morgan fingerprint density at radius 2 is 2.19 bits per heavy atom. The minimum absolute atomic E-state index is 0.0273. The highest BCUT2D eigenvalue weighted by Gasteiger charge is 2.27. The molecule has 2 N–H and O–H groups in total. The molecule has 3 aromatic rings. The fourth-order valence-corrected chi connectivity index (χ4v) is 4.61. The van der Waals surface area contributed by atoms with Crippen LogP contribution in [0, 0.1) is 11.3 Å². The molecule has 5 rings (SSSR count). The van der Waals surface area contributed by atoms with Crippen LogP contribution in [0.15, 0.2) is 40.9 Å². The summed E-state index contributed by atoms with van der Waals surface area (Å²) < 4.78 is 11.2. The number of anilines is 1. The number of nitrogens with one attached hydrogen (secondary N) is 1. The van der Waals surface area contributed by atoms with Gasteiger partial charge in [0.05, 0.1) is 30.0 Å². The number of carbonyl (C=O) groups excluding carboxylic acids is 1. The minimum atomic E-state index is -0.429. The van der Waals surface area contributed by atoms with Gasteiger partial charge in [-0.15, -0.1) is 0 Å². The van der Waals surface area contributed by atoms with Crippen LogP contribution in [-0.2, 0) is 11.2 Å². The average molecular weight is 489 g/mol. The molecule has 0 unspecified atom stereocenters. The molecule has 1 amide bonds. The molecular weight excluding hydrogens is 460 g/mol. The number of rotatable bonds is 7. The first-order chi connectivity index (χ1) is 17.4. The van der Waals surface area contributed by atoms with E-state index in [1.54, 1.807) is 23.1 Å². The molecule has 0 saturated carbocycles. The number of hydrogen-bond donors (Lipinski definition) is 2. The number of carbonyl (C=O) groups is 1. The predicted octanol–water partition coefficient (Wildman–Crippen LogP) is 2.52. The van der Waals surface area contributed by atoms with Crippen LogP contribution in [0.2, 0.25) is 0 Å². The summed E-state index contributed by atoms with van der Waals surface area (Å²) in [6, 6.07) is 13.3. The van der Waals surface area contributed by atoms with Gasteiger partial charge in [-0.1, -0.05) is 17.3 Å². The summed E-state index contributed by atoms with van der Waals surface area (Å²) in [5.41, 5.74) is 7.17. The number of aromatic nitrogens is 2. The number of β-amino-alcohol motifs (C(OH)–C–C–N with tert-alkyl or cyclic N) is 1. The lowest BCUT2D eigenvalue weighted by Gasteiger charge is -2.23. The molecule has 2 aliphatic heterocycles. The number of fused-ring (bicyclic) bond motifs is 1. The number of nitrogens with zero attached hydrogens (tertiary/aromatic N) is 5. The maximum Gasteiger partial charge on any atom is 0.258 e. The SMILES string of the molecule is CC(C)Oc1ccc(-c2nc(-c3cccc4c3CCN4NCC(=O)N3CC[C@H](O)C3)no2)cc1C#N. The van der Waals surface area contributed by atoms with Gasteiger partial charge in [-0.25, -0.2) is 5.43 Å². The Labute approximate surface area is 209 Å². The summed E-state index contributed by atoms with van der Waals surface area (Å²) >= 11 is 0. The van der Waals surface area contributed by atoms with E-state index < -0.39 is 6.10 Å². The van der Waals surface area contributed by atoms with Gasteiger partial charge in [0.2, 0.25) is 11.7 Å². The van der Waals surface area contributed by atoms with Crippen molar-refractivity contribution in [3.8, 4) is 34.7 Å².